The fraction of sp³-hybridized carbons (Fsp3) is 0.129. The Morgan fingerprint density at radius 1 is 1.02 bits per heavy atom. The molecule has 0 fully saturated rings. The number of hydrogen-bond donors (Lipinski definition) is 0. The van der Waals surface area contributed by atoms with Crippen molar-refractivity contribution in [2.24, 2.45) is 4.99 Å². The molecule has 0 unspecified atom stereocenters. The minimum Gasteiger partial charge on any atom is -0.463 e. The first-order chi connectivity index (χ1) is 20.2. The number of allylic oxidation sites excluding steroid dienone is 1. The van der Waals surface area contributed by atoms with Gasteiger partial charge in [0.25, 0.3) is 5.56 Å². The topological polar surface area (TPSA) is 86.9 Å². The molecule has 1 aliphatic heterocycles. The van der Waals surface area contributed by atoms with Crippen molar-refractivity contribution in [1.82, 2.24) is 4.57 Å². The van der Waals surface area contributed by atoms with Crippen LogP contribution < -0.4 is 14.9 Å². The number of halogens is 3. The maximum atomic E-state index is 13.9. The molecule has 0 saturated carbocycles. The van der Waals surface area contributed by atoms with E-state index in [0.29, 0.717) is 48.1 Å². The summed E-state index contributed by atoms with van der Waals surface area (Å²) in [6.07, 6.45) is 1.65. The van der Waals surface area contributed by atoms with Crippen LogP contribution >= 0.6 is 50.5 Å². The lowest BCUT2D eigenvalue weighted by molar-refractivity contribution is -0.139. The van der Waals surface area contributed by atoms with Crippen molar-refractivity contribution in [2.45, 2.75) is 19.9 Å². The third kappa shape index (κ3) is 5.33. The molecule has 1 atom stereocenters. The van der Waals surface area contributed by atoms with Gasteiger partial charge in [-0.3, -0.25) is 9.36 Å². The molecule has 0 saturated heterocycles. The van der Waals surface area contributed by atoms with E-state index in [1.165, 1.54) is 15.9 Å². The highest BCUT2D eigenvalue weighted by Crippen LogP contribution is 2.35. The predicted octanol–water partition coefficient (Wildman–Crippen LogP) is 7.39. The molecule has 11 heteroatoms. The Morgan fingerprint density at radius 2 is 1.74 bits per heavy atom. The molecule has 0 N–H and O–H groups in total. The Balaban J connectivity index is 1.45. The molecule has 0 spiro atoms. The zero-order valence-corrected chi connectivity index (χ0v) is 26.1. The minimum absolute atomic E-state index is 0.175. The van der Waals surface area contributed by atoms with Crippen molar-refractivity contribution in [2.75, 3.05) is 6.61 Å². The van der Waals surface area contributed by atoms with Crippen LogP contribution in [0, 0.1) is 0 Å². The average Bonchev–Trinajstić information content (AvgIpc) is 3.70. The molecular weight excluding hydrogens is 663 g/mol. The number of nitrogens with zero attached hydrogens (tertiary/aromatic N) is 2. The summed E-state index contributed by atoms with van der Waals surface area (Å²) in [7, 11) is 0. The molecule has 0 radical (unpaired) electrons. The zero-order valence-electron chi connectivity index (χ0n) is 22.2. The number of ether oxygens (including phenoxy) is 1. The van der Waals surface area contributed by atoms with Crippen LogP contribution in [0.15, 0.2) is 101 Å². The normalized spacial score (nSPS) is 15.1. The highest BCUT2D eigenvalue weighted by molar-refractivity contribution is 9.10. The maximum Gasteiger partial charge on any atom is 0.338 e. The van der Waals surface area contributed by atoms with Gasteiger partial charge in [-0.05, 0) is 68.4 Å². The molecule has 0 aliphatic carbocycles. The van der Waals surface area contributed by atoms with Crippen LogP contribution in [0.1, 0.15) is 31.4 Å². The van der Waals surface area contributed by atoms with Gasteiger partial charge in [0.05, 0.1) is 32.5 Å². The lowest BCUT2D eigenvalue weighted by Gasteiger charge is -2.22. The second-order valence-corrected chi connectivity index (χ2v) is 12.1. The zero-order chi connectivity index (χ0) is 29.5. The van der Waals surface area contributed by atoms with Gasteiger partial charge in [0.2, 0.25) is 0 Å². The summed E-state index contributed by atoms with van der Waals surface area (Å²) in [5, 5.41) is 0.857. The second kappa shape index (κ2) is 11.6. The molecule has 4 heterocycles. The highest BCUT2D eigenvalue weighted by Gasteiger charge is 2.35. The molecule has 3 aromatic heterocycles. The predicted molar refractivity (Wildman–Crippen MR) is 166 cm³/mol. The van der Waals surface area contributed by atoms with Crippen LogP contribution in [0.3, 0.4) is 0 Å². The monoisotopic (exact) mass is 682 g/mol. The van der Waals surface area contributed by atoms with E-state index in [1.54, 1.807) is 56.3 Å². The quantitative estimate of drug-likeness (QED) is 0.174. The van der Waals surface area contributed by atoms with Crippen molar-refractivity contribution in [1.29, 1.82) is 0 Å². The van der Waals surface area contributed by atoms with E-state index < -0.39 is 12.0 Å². The molecule has 1 aliphatic rings. The largest absolute Gasteiger partial charge is 0.463 e. The van der Waals surface area contributed by atoms with Gasteiger partial charge >= 0.3 is 5.97 Å². The lowest BCUT2D eigenvalue weighted by Crippen LogP contribution is -2.39. The Labute approximate surface area is 262 Å². The molecule has 5 aromatic rings. The summed E-state index contributed by atoms with van der Waals surface area (Å²) in [6, 6.07) is 19.2. The lowest BCUT2D eigenvalue weighted by atomic mass is 10.0. The standard InChI is InChI=1S/C31H21BrCl2N2O5S/c1-3-39-30(38)27-16(2)35-31-36(28(27)25-13-12-23(41-25)17-4-7-19(32)8-5-17)29(37)26(42-31)15-20-9-11-24(40-20)18-6-10-21(33)22(34)14-18/h4-15,28H,3H2,1-2H3/b26-15-/t28-/m0/s1. The van der Waals surface area contributed by atoms with Crippen molar-refractivity contribution < 1.29 is 18.4 Å². The minimum atomic E-state index is -0.866. The van der Waals surface area contributed by atoms with Gasteiger partial charge in [0, 0.05) is 21.7 Å². The summed E-state index contributed by atoms with van der Waals surface area (Å²) < 4.78 is 20.4. The fourth-order valence-corrected chi connectivity index (χ4v) is 6.28. The van der Waals surface area contributed by atoms with E-state index in [1.807, 2.05) is 30.3 Å². The van der Waals surface area contributed by atoms with Crippen molar-refractivity contribution in [3.05, 3.63) is 124 Å². The van der Waals surface area contributed by atoms with E-state index in [0.717, 1.165) is 15.6 Å². The molecule has 0 bridgehead atoms. The van der Waals surface area contributed by atoms with Crippen molar-refractivity contribution in [3.63, 3.8) is 0 Å². The van der Waals surface area contributed by atoms with Crippen LogP contribution in [0.2, 0.25) is 10.0 Å². The van der Waals surface area contributed by atoms with Gasteiger partial charge in [-0.25, -0.2) is 9.79 Å². The SMILES string of the molecule is CCOC(=O)C1=C(C)N=c2s/c(=C\c3ccc(-c4ccc(Cl)c(Cl)c4)o3)c(=O)n2[C@H]1c1ccc(-c2ccc(Br)cc2)o1. The van der Waals surface area contributed by atoms with Crippen LogP contribution in [0.25, 0.3) is 28.7 Å². The maximum absolute atomic E-state index is 13.9. The van der Waals surface area contributed by atoms with E-state index in [4.69, 9.17) is 36.8 Å². The highest BCUT2D eigenvalue weighted by atomic mass is 79.9. The molecule has 42 heavy (non-hydrogen) atoms. The summed E-state index contributed by atoms with van der Waals surface area (Å²) in [4.78, 5) is 32.1. The number of esters is 1. The van der Waals surface area contributed by atoms with Gasteiger partial charge < -0.3 is 13.6 Å². The van der Waals surface area contributed by atoms with Crippen molar-refractivity contribution >= 4 is 62.5 Å². The fourth-order valence-electron chi connectivity index (χ4n) is 4.69. The Kier molecular flexibility index (Phi) is 7.85. The van der Waals surface area contributed by atoms with E-state index >= 15 is 0 Å². The van der Waals surface area contributed by atoms with Gasteiger partial charge in [-0.15, -0.1) is 0 Å². The summed E-state index contributed by atoms with van der Waals surface area (Å²) in [6.45, 7) is 3.63. The number of fused-ring (bicyclic) bond motifs is 1. The first-order valence-electron chi connectivity index (χ1n) is 12.8. The first kappa shape index (κ1) is 28.5. The number of furan rings is 2. The summed E-state index contributed by atoms with van der Waals surface area (Å²) >= 11 is 16.9. The summed E-state index contributed by atoms with van der Waals surface area (Å²) in [5.41, 5.74) is 1.96. The number of benzene rings is 2. The number of rotatable bonds is 6. The number of thiazole rings is 1. The van der Waals surface area contributed by atoms with Gasteiger partial charge in [0.1, 0.15) is 29.1 Å². The molecular formula is C31H21BrCl2N2O5S. The third-order valence-corrected chi connectivity index (χ3v) is 8.90. The Morgan fingerprint density at radius 3 is 2.48 bits per heavy atom. The van der Waals surface area contributed by atoms with E-state index in [9.17, 15) is 9.59 Å². The molecule has 6 rings (SSSR count). The van der Waals surface area contributed by atoms with Crippen LogP contribution in [-0.2, 0) is 9.53 Å². The average molecular weight is 684 g/mol. The van der Waals surface area contributed by atoms with Gasteiger partial charge in [-0.1, -0.05) is 62.6 Å². The molecule has 212 valence electrons. The number of hydrogen-bond acceptors (Lipinski definition) is 7. The Bertz CT molecular complexity index is 2050. The molecule has 2 aromatic carbocycles. The van der Waals surface area contributed by atoms with Crippen LogP contribution in [-0.4, -0.2) is 17.1 Å². The molecule has 0 amide bonds. The number of carbonyl (C=O) groups excluding carboxylic acids is 1. The third-order valence-electron chi connectivity index (χ3n) is 6.65. The number of carbonyl (C=O) groups is 1. The van der Waals surface area contributed by atoms with Crippen LogP contribution in [0.5, 0.6) is 0 Å². The van der Waals surface area contributed by atoms with Gasteiger partial charge in [-0.2, -0.15) is 0 Å². The summed E-state index contributed by atoms with van der Waals surface area (Å²) in [5.74, 6) is 1.49. The number of aromatic nitrogens is 1. The smallest absolute Gasteiger partial charge is 0.338 e. The van der Waals surface area contributed by atoms with Crippen molar-refractivity contribution in [3.8, 4) is 22.6 Å². The Hall–Kier alpha value is -3.63. The second-order valence-electron chi connectivity index (χ2n) is 9.34. The van der Waals surface area contributed by atoms with Crippen LogP contribution in [0.4, 0.5) is 0 Å². The van der Waals surface area contributed by atoms with E-state index in [-0.39, 0.29) is 17.7 Å². The molecule has 7 nitrogen and oxygen atoms in total. The first-order valence-corrected chi connectivity index (χ1v) is 15.2. The van der Waals surface area contributed by atoms with Gasteiger partial charge in [0.15, 0.2) is 4.80 Å². The van der Waals surface area contributed by atoms with E-state index in [2.05, 4.69) is 20.9 Å².